The van der Waals surface area contributed by atoms with Gasteiger partial charge in [-0.25, -0.2) is 0 Å². The summed E-state index contributed by atoms with van der Waals surface area (Å²) < 4.78 is 0. The van der Waals surface area contributed by atoms with Gasteiger partial charge in [0, 0.05) is 37.8 Å². The second kappa shape index (κ2) is 6.17. The summed E-state index contributed by atoms with van der Waals surface area (Å²) in [6.45, 7) is 5.98. The molecule has 1 N–H and O–H groups in total. The highest BCUT2D eigenvalue weighted by Gasteiger charge is 2.29. The smallest absolute Gasteiger partial charge is 0.0325 e. The zero-order valence-electron chi connectivity index (χ0n) is 11.8. The van der Waals surface area contributed by atoms with Crippen LogP contribution < -0.4 is 5.32 Å². The molecule has 3 heteroatoms. The van der Waals surface area contributed by atoms with Gasteiger partial charge < -0.3 is 10.2 Å². The van der Waals surface area contributed by atoms with Crippen LogP contribution in [0.3, 0.4) is 0 Å². The van der Waals surface area contributed by atoms with Crippen molar-refractivity contribution in [3.05, 3.63) is 0 Å². The molecule has 2 rings (SSSR count). The Kier molecular flexibility index (Phi) is 4.83. The third-order valence-electron chi connectivity index (χ3n) is 4.16. The molecule has 1 saturated heterocycles. The van der Waals surface area contributed by atoms with E-state index in [1.54, 1.807) is 0 Å². The number of hydrogen-bond acceptors (Lipinski definition) is 3. The molecule has 100 valence electrons. The van der Waals surface area contributed by atoms with Gasteiger partial charge in [0.05, 0.1) is 0 Å². The number of rotatable bonds is 3. The van der Waals surface area contributed by atoms with Gasteiger partial charge >= 0.3 is 0 Å². The van der Waals surface area contributed by atoms with Gasteiger partial charge in [-0.15, -0.1) is 0 Å². The van der Waals surface area contributed by atoms with E-state index >= 15 is 0 Å². The Hall–Kier alpha value is -0.120. The minimum Gasteiger partial charge on any atom is -0.308 e. The molecule has 0 aromatic rings. The molecule has 2 unspecified atom stereocenters. The van der Waals surface area contributed by atoms with Crippen LogP contribution in [0.1, 0.15) is 39.0 Å². The van der Waals surface area contributed by atoms with Crippen molar-refractivity contribution in [1.29, 1.82) is 0 Å². The van der Waals surface area contributed by atoms with Gasteiger partial charge in [0.15, 0.2) is 0 Å². The van der Waals surface area contributed by atoms with E-state index < -0.39 is 0 Å². The molecule has 1 aliphatic heterocycles. The van der Waals surface area contributed by atoms with Crippen molar-refractivity contribution in [2.24, 2.45) is 0 Å². The quantitative estimate of drug-likeness (QED) is 0.806. The molecule has 1 aliphatic carbocycles. The van der Waals surface area contributed by atoms with Crippen molar-refractivity contribution in [2.45, 2.75) is 57.2 Å². The molecule has 2 aliphatic rings. The van der Waals surface area contributed by atoms with E-state index in [2.05, 4.69) is 36.1 Å². The molecule has 0 amide bonds. The summed E-state index contributed by atoms with van der Waals surface area (Å²) in [5, 5.41) is 3.73. The van der Waals surface area contributed by atoms with Gasteiger partial charge in [-0.2, -0.15) is 0 Å². The lowest BCUT2D eigenvalue weighted by Crippen LogP contribution is -2.60. The molecule has 17 heavy (non-hydrogen) atoms. The van der Waals surface area contributed by atoms with E-state index in [0.29, 0.717) is 12.1 Å². The summed E-state index contributed by atoms with van der Waals surface area (Å²) in [7, 11) is 4.35. The van der Waals surface area contributed by atoms with Crippen LogP contribution in [0.4, 0.5) is 0 Å². The van der Waals surface area contributed by atoms with Gasteiger partial charge in [0.1, 0.15) is 0 Å². The maximum absolute atomic E-state index is 3.73. The van der Waals surface area contributed by atoms with Crippen LogP contribution >= 0.6 is 0 Å². The number of hydrogen-bond donors (Lipinski definition) is 1. The van der Waals surface area contributed by atoms with Crippen LogP contribution in [-0.2, 0) is 0 Å². The first-order valence-corrected chi connectivity index (χ1v) is 7.30. The van der Waals surface area contributed by atoms with E-state index in [9.17, 15) is 0 Å². The SMILES string of the molecule is CC1CN(C2CCCCC2)CC(CN(C)C)N1. The highest BCUT2D eigenvalue weighted by molar-refractivity contribution is 4.89. The highest BCUT2D eigenvalue weighted by atomic mass is 15.3. The molecule has 0 spiro atoms. The van der Waals surface area contributed by atoms with Crippen LogP contribution in [0.2, 0.25) is 0 Å². The summed E-state index contributed by atoms with van der Waals surface area (Å²) in [5.74, 6) is 0. The molecule has 2 fully saturated rings. The molecule has 3 nitrogen and oxygen atoms in total. The number of likely N-dealkylation sites (N-methyl/N-ethyl adjacent to an activating group) is 1. The fraction of sp³-hybridized carbons (Fsp3) is 1.00. The predicted octanol–water partition coefficient (Wildman–Crippen LogP) is 1.54. The van der Waals surface area contributed by atoms with Gasteiger partial charge in [-0.05, 0) is 33.9 Å². The van der Waals surface area contributed by atoms with Crippen LogP contribution in [-0.4, -0.2) is 61.7 Å². The monoisotopic (exact) mass is 239 g/mol. The van der Waals surface area contributed by atoms with Crippen molar-refractivity contribution >= 4 is 0 Å². The largest absolute Gasteiger partial charge is 0.308 e. The molecular formula is C14H29N3. The normalized spacial score (nSPS) is 33.2. The highest BCUT2D eigenvalue weighted by Crippen LogP contribution is 2.24. The molecule has 2 atom stereocenters. The molecule has 0 bridgehead atoms. The molecule has 0 radical (unpaired) electrons. The average Bonchev–Trinajstić information content (AvgIpc) is 2.28. The van der Waals surface area contributed by atoms with E-state index in [0.717, 1.165) is 12.6 Å². The standard InChI is InChI=1S/C14H29N3/c1-12-9-17(14-7-5-4-6-8-14)11-13(15-12)10-16(2)3/h12-15H,4-11H2,1-3H3. The Morgan fingerprint density at radius 1 is 1.12 bits per heavy atom. The Morgan fingerprint density at radius 3 is 2.47 bits per heavy atom. The number of nitrogens with one attached hydrogen (secondary N) is 1. The topological polar surface area (TPSA) is 18.5 Å². The average molecular weight is 239 g/mol. The molecule has 0 aromatic heterocycles. The maximum atomic E-state index is 3.73. The predicted molar refractivity (Wildman–Crippen MR) is 73.4 cm³/mol. The first-order chi connectivity index (χ1) is 8.15. The second-order valence-electron chi connectivity index (χ2n) is 6.27. The molecule has 1 saturated carbocycles. The fourth-order valence-electron chi connectivity index (χ4n) is 3.51. The van der Waals surface area contributed by atoms with Crippen molar-refractivity contribution < 1.29 is 0 Å². The Morgan fingerprint density at radius 2 is 1.82 bits per heavy atom. The zero-order chi connectivity index (χ0) is 12.3. The van der Waals surface area contributed by atoms with Crippen molar-refractivity contribution in [3.8, 4) is 0 Å². The summed E-state index contributed by atoms with van der Waals surface area (Å²) in [5.41, 5.74) is 0. The summed E-state index contributed by atoms with van der Waals surface area (Å²) in [6, 6.07) is 2.17. The number of piperazine rings is 1. The Balaban J connectivity index is 1.88. The zero-order valence-corrected chi connectivity index (χ0v) is 11.8. The van der Waals surface area contributed by atoms with Crippen LogP contribution in [0.25, 0.3) is 0 Å². The van der Waals surface area contributed by atoms with Gasteiger partial charge in [-0.3, -0.25) is 4.90 Å². The minimum atomic E-state index is 0.649. The van der Waals surface area contributed by atoms with Gasteiger partial charge in [0.25, 0.3) is 0 Å². The second-order valence-corrected chi connectivity index (χ2v) is 6.27. The minimum absolute atomic E-state index is 0.649. The van der Waals surface area contributed by atoms with Gasteiger partial charge in [-0.1, -0.05) is 19.3 Å². The van der Waals surface area contributed by atoms with E-state index in [4.69, 9.17) is 0 Å². The lowest BCUT2D eigenvalue weighted by molar-refractivity contribution is 0.0863. The first-order valence-electron chi connectivity index (χ1n) is 7.30. The molecule has 1 heterocycles. The molecule has 0 aromatic carbocycles. The maximum Gasteiger partial charge on any atom is 0.0325 e. The lowest BCUT2D eigenvalue weighted by atomic mass is 9.92. The van der Waals surface area contributed by atoms with E-state index in [1.807, 2.05) is 0 Å². The van der Waals surface area contributed by atoms with Gasteiger partial charge in [0.2, 0.25) is 0 Å². The molecular weight excluding hydrogens is 210 g/mol. The Bertz CT molecular complexity index is 222. The number of nitrogens with zero attached hydrogens (tertiary/aromatic N) is 2. The fourth-order valence-corrected chi connectivity index (χ4v) is 3.51. The Labute approximate surface area is 107 Å². The van der Waals surface area contributed by atoms with Crippen molar-refractivity contribution in [1.82, 2.24) is 15.1 Å². The summed E-state index contributed by atoms with van der Waals surface area (Å²) in [6.07, 6.45) is 7.21. The first kappa shape index (κ1) is 13.3. The summed E-state index contributed by atoms with van der Waals surface area (Å²) in [4.78, 5) is 5.06. The van der Waals surface area contributed by atoms with E-state index in [1.165, 1.54) is 45.2 Å². The van der Waals surface area contributed by atoms with Crippen molar-refractivity contribution in [2.75, 3.05) is 33.7 Å². The van der Waals surface area contributed by atoms with Crippen LogP contribution in [0, 0.1) is 0 Å². The summed E-state index contributed by atoms with van der Waals surface area (Å²) >= 11 is 0. The van der Waals surface area contributed by atoms with Crippen LogP contribution in [0.15, 0.2) is 0 Å². The van der Waals surface area contributed by atoms with Crippen molar-refractivity contribution in [3.63, 3.8) is 0 Å². The van der Waals surface area contributed by atoms with Crippen LogP contribution in [0.5, 0.6) is 0 Å². The third-order valence-corrected chi connectivity index (χ3v) is 4.16. The lowest BCUT2D eigenvalue weighted by Gasteiger charge is -2.43. The third kappa shape index (κ3) is 3.94. The van der Waals surface area contributed by atoms with E-state index in [-0.39, 0.29) is 0 Å².